The molecule has 0 amide bonds. The molecule has 0 atom stereocenters. The SMILES string of the molecule is CC(C)(C)Cn1c(Cc2ccc(C(=O)O)cc2)cc2cnc(C#N)nc21. The Balaban J connectivity index is 2.04. The van der Waals surface area contributed by atoms with Crippen LogP contribution in [0, 0.1) is 16.7 Å². The number of hydrogen-bond donors (Lipinski definition) is 1. The van der Waals surface area contributed by atoms with Crippen LogP contribution in [0.25, 0.3) is 11.0 Å². The van der Waals surface area contributed by atoms with Crippen molar-refractivity contribution in [3.05, 3.63) is 59.2 Å². The van der Waals surface area contributed by atoms with Crippen LogP contribution in [0.2, 0.25) is 0 Å². The van der Waals surface area contributed by atoms with E-state index >= 15 is 0 Å². The van der Waals surface area contributed by atoms with Gasteiger partial charge in [0.05, 0.1) is 5.56 Å². The monoisotopic (exact) mass is 348 g/mol. The Morgan fingerprint density at radius 2 is 1.96 bits per heavy atom. The second kappa shape index (κ2) is 6.60. The maximum atomic E-state index is 11.0. The fraction of sp³-hybridized carbons (Fsp3) is 0.300. The topological polar surface area (TPSA) is 91.8 Å². The van der Waals surface area contributed by atoms with Gasteiger partial charge < -0.3 is 9.67 Å². The number of carboxylic acid groups (broad SMARTS) is 1. The van der Waals surface area contributed by atoms with Gasteiger partial charge in [-0.25, -0.2) is 14.8 Å². The van der Waals surface area contributed by atoms with Crippen molar-refractivity contribution in [3.8, 4) is 6.07 Å². The molecule has 2 aromatic heterocycles. The quantitative estimate of drug-likeness (QED) is 0.777. The lowest BCUT2D eigenvalue weighted by Gasteiger charge is -2.21. The number of benzene rings is 1. The molecule has 3 rings (SSSR count). The van der Waals surface area contributed by atoms with Crippen molar-refractivity contribution < 1.29 is 9.90 Å². The number of carbonyl (C=O) groups is 1. The molecule has 26 heavy (non-hydrogen) atoms. The van der Waals surface area contributed by atoms with E-state index in [1.165, 1.54) is 0 Å². The summed E-state index contributed by atoms with van der Waals surface area (Å²) in [6.45, 7) is 7.20. The van der Waals surface area contributed by atoms with E-state index in [0.29, 0.717) is 6.42 Å². The summed E-state index contributed by atoms with van der Waals surface area (Å²) in [5.41, 5.74) is 3.13. The Hall–Kier alpha value is -3.20. The molecule has 1 aromatic carbocycles. The summed E-state index contributed by atoms with van der Waals surface area (Å²) in [7, 11) is 0. The number of rotatable bonds is 4. The van der Waals surface area contributed by atoms with Gasteiger partial charge >= 0.3 is 5.97 Å². The minimum absolute atomic E-state index is 0.0334. The van der Waals surface area contributed by atoms with Gasteiger partial charge in [-0.15, -0.1) is 0 Å². The third-order valence-corrected chi connectivity index (χ3v) is 4.04. The van der Waals surface area contributed by atoms with E-state index in [0.717, 1.165) is 28.8 Å². The van der Waals surface area contributed by atoms with Gasteiger partial charge in [-0.05, 0) is 29.2 Å². The van der Waals surface area contributed by atoms with Crippen LogP contribution in [0.15, 0.2) is 36.5 Å². The van der Waals surface area contributed by atoms with Crippen LogP contribution in [-0.4, -0.2) is 25.6 Å². The molecule has 0 saturated heterocycles. The molecule has 2 heterocycles. The van der Waals surface area contributed by atoms with Gasteiger partial charge in [0.1, 0.15) is 11.7 Å². The summed E-state index contributed by atoms with van der Waals surface area (Å²) in [6, 6.07) is 10.9. The molecule has 6 nitrogen and oxygen atoms in total. The molecule has 0 unspecified atom stereocenters. The highest BCUT2D eigenvalue weighted by atomic mass is 16.4. The van der Waals surface area contributed by atoms with E-state index in [2.05, 4.69) is 35.3 Å². The van der Waals surface area contributed by atoms with Crippen LogP contribution in [0.1, 0.15) is 48.2 Å². The van der Waals surface area contributed by atoms with E-state index in [1.54, 1.807) is 18.3 Å². The lowest BCUT2D eigenvalue weighted by atomic mass is 9.96. The second-order valence-corrected chi connectivity index (χ2v) is 7.55. The van der Waals surface area contributed by atoms with Crippen molar-refractivity contribution in [2.75, 3.05) is 0 Å². The van der Waals surface area contributed by atoms with Crippen LogP contribution in [-0.2, 0) is 13.0 Å². The predicted octanol–water partition coefficient (Wildman–Crippen LogP) is 3.64. The largest absolute Gasteiger partial charge is 0.478 e. The maximum Gasteiger partial charge on any atom is 0.335 e. The van der Waals surface area contributed by atoms with E-state index in [4.69, 9.17) is 10.4 Å². The lowest BCUT2D eigenvalue weighted by Crippen LogP contribution is -2.18. The summed E-state index contributed by atoms with van der Waals surface area (Å²) in [4.78, 5) is 19.5. The number of carboxylic acids is 1. The molecule has 0 spiro atoms. The van der Waals surface area contributed by atoms with Crippen LogP contribution in [0.5, 0.6) is 0 Å². The van der Waals surface area contributed by atoms with Gasteiger partial charge in [0.25, 0.3) is 0 Å². The Kier molecular flexibility index (Phi) is 4.47. The van der Waals surface area contributed by atoms with Crippen LogP contribution >= 0.6 is 0 Å². The zero-order valence-electron chi connectivity index (χ0n) is 15.0. The third kappa shape index (κ3) is 3.72. The van der Waals surface area contributed by atoms with Crippen molar-refractivity contribution >= 4 is 17.0 Å². The molecule has 6 heteroatoms. The number of fused-ring (bicyclic) bond motifs is 1. The number of hydrogen-bond acceptors (Lipinski definition) is 4. The second-order valence-electron chi connectivity index (χ2n) is 7.55. The van der Waals surface area contributed by atoms with Crippen LogP contribution in [0.4, 0.5) is 0 Å². The van der Waals surface area contributed by atoms with Gasteiger partial charge in [-0.3, -0.25) is 0 Å². The summed E-state index contributed by atoms with van der Waals surface area (Å²) < 4.78 is 2.13. The molecule has 0 aliphatic carbocycles. The average Bonchev–Trinajstić information content (AvgIpc) is 2.90. The normalized spacial score (nSPS) is 11.5. The molecule has 0 fully saturated rings. The van der Waals surface area contributed by atoms with Crippen molar-refractivity contribution in [2.45, 2.75) is 33.7 Å². The molecule has 3 aromatic rings. The van der Waals surface area contributed by atoms with E-state index in [1.807, 2.05) is 24.3 Å². The summed E-state index contributed by atoms with van der Waals surface area (Å²) in [5, 5.41) is 19.0. The van der Waals surface area contributed by atoms with Crippen molar-refractivity contribution in [1.82, 2.24) is 14.5 Å². The fourth-order valence-electron chi connectivity index (χ4n) is 2.92. The first kappa shape index (κ1) is 17.6. The van der Waals surface area contributed by atoms with Crippen molar-refractivity contribution in [1.29, 1.82) is 5.26 Å². The molecule has 0 aliphatic rings. The highest BCUT2D eigenvalue weighted by molar-refractivity contribution is 5.87. The molecule has 132 valence electrons. The molecular formula is C20H20N4O2. The van der Waals surface area contributed by atoms with Gasteiger partial charge in [-0.2, -0.15) is 5.26 Å². The van der Waals surface area contributed by atoms with Crippen LogP contribution in [0.3, 0.4) is 0 Å². The Bertz CT molecular complexity index is 1010. The first-order valence-electron chi connectivity index (χ1n) is 8.34. The van der Waals surface area contributed by atoms with Crippen molar-refractivity contribution in [3.63, 3.8) is 0 Å². The minimum atomic E-state index is -0.933. The molecule has 0 aliphatic heterocycles. The summed E-state index contributed by atoms with van der Waals surface area (Å²) >= 11 is 0. The summed E-state index contributed by atoms with van der Waals surface area (Å²) in [5.74, 6) is -0.777. The molecule has 0 radical (unpaired) electrons. The van der Waals surface area contributed by atoms with Crippen molar-refractivity contribution in [2.24, 2.45) is 5.41 Å². The Morgan fingerprint density at radius 3 is 2.54 bits per heavy atom. The van der Waals surface area contributed by atoms with Crippen LogP contribution < -0.4 is 0 Å². The Labute approximate surface area is 151 Å². The predicted molar refractivity (Wildman–Crippen MR) is 97.9 cm³/mol. The van der Waals surface area contributed by atoms with Gasteiger partial charge in [0.15, 0.2) is 0 Å². The molecule has 1 N–H and O–H groups in total. The van der Waals surface area contributed by atoms with E-state index < -0.39 is 5.97 Å². The van der Waals surface area contributed by atoms with E-state index in [9.17, 15) is 4.79 Å². The number of nitrogens with zero attached hydrogens (tertiary/aromatic N) is 4. The molecular weight excluding hydrogens is 328 g/mol. The number of nitriles is 1. The average molecular weight is 348 g/mol. The fourth-order valence-corrected chi connectivity index (χ4v) is 2.92. The lowest BCUT2D eigenvalue weighted by molar-refractivity contribution is 0.0697. The summed E-state index contributed by atoms with van der Waals surface area (Å²) in [6.07, 6.45) is 2.32. The number of aromatic nitrogens is 3. The highest BCUT2D eigenvalue weighted by Gasteiger charge is 2.18. The van der Waals surface area contributed by atoms with Gasteiger partial charge in [0, 0.05) is 30.2 Å². The maximum absolute atomic E-state index is 11.0. The first-order chi connectivity index (χ1) is 12.3. The van der Waals surface area contributed by atoms with E-state index in [-0.39, 0.29) is 16.8 Å². The standard InChI is InChI=1S/C20H20N4O2/c1-20(2,3)12-24-16(8-13-4-6-14(7-5-13)19(25)26)9-15-11-22-17(10-21)23-18(15)24/h4-7,9,11H,8,12H2,1-3H3,(H,25,26). The smallest absolute Gasteiger partial charge is 0.335 e. The molecule has 0 saturated carbocycles. The van der Waals surface area contributed by atoms with Gasteiger partial charge in [-0.1, -0.05) is 32.9 Å². The van der Waals surface area contributed by atoms with Gasteiger partial charge in [0.2, 0.25) is 5.82 Å². The molecule has 0 bridgehead atoms. The minimum Gasteiger partial charge on any atom is -0.478 e. The Morgan fingerprint density at radius 1 is 1.27 bits per heavy atom. The number of aromatic carboxylic acids is 1. The highest BCUT2D eigenvalue weighted by Crippen LogP contribution is 2.26. The first-order valence-corrected chi connectivity index (χ1v) is 8.34. The zero-order valence-corrected chi connectivity index (χ0v) is 15.0. The zero-order chi connectivity index (χ0) is 18.9. The third-order valence-electron chi connectivity index (χ3n) is 4.04.